The van der Waals surface area contributed by atoms with Crippen LogP contribution in [-0.2, 0) is 16.0 Å². The molecule has 5 nitrogen and oxygen atoms in total. The largest absolute Gasteiger partial charge is 0.497 e. The van der Waals surface area contributed by atoms with Gasteiger partial charge in [-0.25, -0.2) is 0 Å². The number of amides is 2. The zero-order valence-electron chi connectivity index (χ0n) is 19.5. The van der Waals surface area contributed by atoms with Crippen LogP contribution in [0.2, 0.25) is 0 Å². The van der Waals surface area contributed by atoms with Crippen LogP contribution in [0.5, 0.6) is 5.75 Å². The topological polar surface area (TPSA) is 49.9 Å². The smallest absolute Gasteiger partial charge is 0.243 e. The van der Waals surface area contributed by atoms with Crippen molar-refractivity contribution in [3.8, 4) is 5.75 Å². The zero-order valence-corrected chi connectivity index (χ0v) is 20.3. The number of hydrogen-bond donors (Lipinski definition) is 0. The minimum atomic E-state index is -0.526. The first-order valence-electron chi connectivity index (χ1n) is 11.0. The fourth-order valence-electron chi connectivity index (χ4n) is 4.05. The summed E-state index contributed by atoms with van der Waals surface area (Å²) in [7, 11) is 1.65. The Morgan fingerprint density at radius 1 is 1.23 bits per heavy atom. The van der Waals surface area contributed by atoms with E-state index in [-0.39, 0.29) is 30.4 Å². The molecule has 2 atom stereocenters. The lowest BCUT2D eigenvalue weighted by molar-refractivity contribution is -0.148. The number of thiophene rings is 1. The van der Waals surface area contributed by atoms with E-state index in [4.69, 9.17) is 4.74 Å². The Morgan fingerprint density at radius 3 is 2.48 bits per heavy atom. The molecule has 0 saturated heterocycles. The average Bonchev–Trinajstić information content (AvgIpc) is 3.24. The first kappa shape index (κ1) is 23.3. The van der Waals surface area contributed by atoms with E-state index in [9.17, 15) is 9.59 Å². The molecule has 1 aliphatic rings. The second kappa shape index (κ2) is 9.43. The summed E-state index contributed by atoms with van der Waals surface area (Å²) in [5.41, 5.74) is 1.72. The molecule has 2 heterocycles. The normalized spacial score (nSPS) is 17.1. The number of hydrogen-bond acceptors (Lipinski definition) is 4. The van der Waals surface area contributed by atoms with E-state index in [1.807, 2.05) is 56.9 Å². The van der Waals surface area contributed by atoms with Crippen LogP contribution in [0.25, 0.3) is 0 Å². The van der Waals surface area contributed by atoms with Crippen LogP contribution in [0.3, 0.4) is 0 Å². The lowest BCUT2D eigenvalue weighted by Crippen LogP contribution is -2.51. The summed E-state index contributed by atoms with van der Waals surface area (Å²) in [6.45, 7) is 10.6. The SMILES string of the molecule is CCC(C)N(CC(=O)N1CCc2sccc2C1c1ccc(OC)cc1)C(=O)C(C)(C)C. The number of nitrogens with zero attached hydrogens (tertiary/aromatic N) is 2. The van der Waals surface area contributed by atoms with Gasteiger partial charge in [-0.1, -0.05) is 39.8 Å². The molecule has 1 aromatic heterocycles. The molecule has 0 spiro atoms. The number of ether oxygens (including phenoxy) is 1. The van der Waals surface area contributed by atoms with Crippen molar-refractivity contribution < 1.29 is 14.3 Å². The Bertz CT molecular complexity index is 914. The standard InChI is InChI=1S/C25H34N2O3S/c1-7-17(2)27(24(29)25(3,4)5)16-22(28)26-14-12-21-20(13-15-31-21)23(26)18-8-10-19(30-6)11-9-18/h8-11,13,15,17,23H,7,12,14,16H2,1-6H3. The third-order valence-corrected chi connectivity index (χ3v) is 7.05. The van der Waals surface area contributed by atoms with E-state index in [0.29, 0.717) is 6.54 Å². The number of rotatable bonds is 6. The molecule has 31 heavy (non-hydrogen) atoms. The fraction of sp³-hybridized carbons (Fsp3) is 0.520. The highest BCUT2D eigenvalue weighted by molar-refractivity contribution is 7.10. The molecule has 0 aliphatic carbocycles. The van der Waals surface area contributed by atoms with Gasteiger partial charge in [0.25, 0.3) is 0 Å². The number of carbonyl (C=O) groups is 2. The van der Waals surface area contributed by atoms with Crippen molar-refractivity contribution in [3.05, 3.63) is 51.7 Å². The van der Waals surface area contributed by atoms with Gasteiger partial charge in [-0.15, -0.1) is 11.3 Å². The van der Waals surface area contributed by atoms with E-state index < -0.39 is 5.41 Å². The Kier molecular flexibility index (Phi) is 7.10. The minimum absolute atomic E-state index is 0.00410. The lowest BCUT2D eigenvalue weighted by Gasteiger charge is -2.39. The maximum atomic E-state index is 13.6. The Labute approximate surface area is 190 Å². The predicted molar refractivity (Wildman–Crippen MR) is 125 cm³/mol. The molecule has 1 aliphatic heterocycles. The molecule has 0 bridgehead atoms. The van der Waals surface area contributed by atoms with Crippen molar-refractivity contribution in [2.45, 2.75) is 59.5 Å². The van der Waals surface area contributed by atoms with Crippen molar-refractivity contribution in [3.63, 3.8) is 0 Å². The Morgan fingerprint density at radius 2 is 1.90 bits per heavy atom. The molecule has 0 radical (unpaired) electrons. The van der Waals surface area contributed by atoms with Crippen LogP contribution >= 0.6 is 11.3 Å². The molecule has 2 aromatic rings. The molecular formula is C25H34N2O3S. The van der Waals surface area contributed by atoms with Gasteiger partial charge in [-0.05, 0) is 54.5 Å². The summed E-state index contributed by atoms with van der Waals surface area (Å²) in [6.07, 6.45) is 1.66. The highest BCUT2D eigenvalue weighted by Crippen LogP contribution is 2.38. The van der Waals surface area contributed by atoms with Gasteiger partial charge in [0.15, 0.2) is 0 Å². The monoisotopic (exact) mass is 442 g/mol. The van der Waals surface area contributed by atoms with Crippen molar-refractivity contribution in [2.24, 2.45) is 5.41 Å². The predicted octanol–water partition coefficient (Wildman–Crippen LogP) is 4.90. The van der Waals surface area contributed by atoms with Crippen LogP contribution < -0.4 is 4.74 Å². The molecule has 168 valence electrons. The van der Waals surface area contributed by atoms with Crippen LogP contribution in [0, 0.1) is 5.41 Å². The van der Waals surface area contributed by atoms with Crippen molar-refractivity contribution in [2.75, 3.05) is 20.2 Å². The zero-order chi connectivity index (χ0) is 22.8. The van der Waals surface area contributed by atoms with Crippen LogP contribution in [0.1, 0.15) is 63.1 Å². The molecule has 1 aromatic carbocycles. The minimum Gasteiger partial charge on any atom is -0.497 e. The summed E-state index contributed by atoms with van der Waals surface area (Å²) >= 11 is 1.75. The Hall–Kier alpha value is -2.34. The van der Waals surface area contributed by atoms with Crippen molar-refractivity contribution in [1.29, 1.82) is 0 Å². The lowest BCUT2D eigenvalue weighted by atomic mass is 9.92. The molecule has 0 saturated carbocycles. The van der Waals surface area contributed by atoms with Crippen LogP contribution in [0.4, 0.5) is 0 Å². The van der Waals surface area contributed by atoms with E-state index in [2.05, 4.69) is 18.4 Å². The average molecular weight is 443 g/mol. The van der Waals surface area contributed by atoms with Crippen molar-refractivity contribution >= 4 is 23.2 Å². The van der Waals surface area contributed by atoms with E-state index in [0.717, 1.165) is 24.2 Å². The molecule has 6 heteroatoms. The second-order valence-corrected chi connectivity index (χ2v) is 10.3. The third kappa shape index (κ3) is 4.95. The molecule has 3 rings (SSSR count). The molecule has 0 N–H and O–H groups in total. The molecular weight excluding hydrogens is 408 g/mol. The first-order chi connectivity index (χ1) is 14.7. The van der Waals surface area contributed by atoms with Crippen LogP contribution in [-0.4, -0.2) is 47.9 Å². The molecule has 0 fully saturated rings. The number of methoxy groups -OCH3 is 1. The third-order valence-electron chi connectivity index (χ3n) is 6.05. The highest BCUT2D eigenvalue weighted by Gasteiger charge is 2.36. The van der Waals surface area contributed by atoms with E-state index >= 15 is 0 Å². The maximum absolute atomic E-state index is 13.6. The van der Waals surface area contributed by atoms with Gasteiger partial charge in [0.2, 0.25) is 11.8 Å². The molecule has 2 unspecified atom stereocenters. The number of fused-ring (bicyclic) bond motifs is 1. The summed E-state index contributed by atoms with van der Waals surface area (Å²) in [4.78, 5) is 31.8. The summed E-state index contributed by atoms with van der Waals surface area (Å²) in [6, 6.07) is 9.93. The quantitative estimate of drug-likeness (QED) is 0.639. The highest BCUT2D eigenvalue weighted by atomic mass is 32.1. The number of benzene rings is 1. The van der Waals surface area contributed by atoms with E-state index in [1.165, 1.54) is 10.4 Å². The number of carbonyl (C=O) groups excluding carboxylic acids is 2. The van der Waals surface area contributed by atoms with Gasteiger partial charge in [0.1, 0.15) is 12.3 Å². The Balaban J connectivity index is 1.92. The van der Waals surface area contributed by atoms with Gasteiger partial charge in [0, 0.05) is 22.9 Å². The maximum Gasteiger partial charge on any atom is 0.243 e. The second-order valence-electron chi connectivity index (χ2n) is 9.25. The van der Waals surface area contributed by atoms with Gasteiger partial charge in [0.05, 0.1) is 13.2 Å². The van der Waals surface area contributed by atoms with Gasteiger partial charge in [-0.3, -0.25) is 9.59 Å². The summed E-state index contributed by atoms with van der Waals surface area (Å²) in [5.74, 6) is 0.807. The van der Waals surface area contributed by atoms with Gasteiger partial charge >= 0.3 is 0 Å². The first-order valence-corrected chi connectivity index (χ1v) is 11.9. The summed E-state index contributed by atoms with van der Waals surface area (Å²) < 4.78 is 5.31. The fourth-order valence-corrected chi connectivity index (χ4v) is 4.95. The summed E-state index contributed by atoms with van der Waals surface area (Å²) in [5, 5.41) is 2.10. The van der Waals surface area contributed by atoms with Crippen LogP contribution in [0.15, 0.2) is 35.7 Å². The van der Waals surface area contributed by atoms with E-state index in [1.54, 1.807) is 23.3 Å². The molecule has 2 amide bonds. The van der Waals surface area contributed by atoms with Crippen molar-refractivity contribution in [1.82, 2.24) is 9.80 Å². The van der Waals surface area contributed by atoms with Gasteiger partial charge in [-0.2, -0.15) is 0 Å². The van der Waals surface area contributed by atoms with Gasteiger partial charge < -0.3 is 14.5 Å².